The zero-order valence-corrected chi connectivity index (χ0v) is 7.87. The van der Waals surface area contributed by atoms with Crippen LogP contribution >= 0.6 is 0 Å². The molecule has 1 aliphatic heterocycles. The Labute approximate surface area is 79.2 Å². The molecule has 0 radical (unpaired) electrons. The molecule has 1 fully saturated rings. The van der Waals surface area contributed by atoms with Crippen LogP contribution in [0.2, 0.25) is 0 Å². The lowest BCUT2D eigenvalue weighted by atomic mass is 10.1. The maximum Gasteiger partial charge on any atom is 0.199 e. The minimum Gasteiger partial charge on any atom is -0.469 e. The highest BCUT2D eigenvalue weighted by molar-refractivity contribution is 5.09. The molecule has 0 saturated carbocycles. The second-order valence-electron chi connectivity index (χ2n) is 3.50. The van der Waals surface area contributed by atoms with Crippen LogP contribution in [0, 0.1) is 0 Å². The minimum absolute atomic E-state index is 0.0199. The molecule has 0 bridgehead atoms. The molecule has 0 N–H and O–H groups in total. The van der Waals surface area contributed by atoms with Crippen LogP contribution in [0.5, 0.6) is 0 Å². The van der Waals surface area contributed by atoms with Crippen LogP contribution in [0.15, 0.2) is 24.0 Å². The van der Waals surface area contributed by atoms with Crippen LogP contribution in [0.25, 0.3) is 0 Å². The fraction of sp³-hybridized carbons (Fsp3) is 0.636. The number of rotatable bonds is 2. The summed E-state index contributed by atoms with van der Waals surface area (Å²) < 4.78 is 11.2. The van der Waals surface area contributed by atoms with Crippen LogP contribution < -0.4 is 0 Å². The van der Waals surface area contributed by atoms with Crippen molar-refractivity contribution >= 4 is 0 Å². The largest absolute Gasteiger partial charge is 0.469 e. The first-order valence-corrected chi connectivity index (χ1v) is 5.07. The van der Waals surface area contributed by atoms with Gasteiger partial charge >= 0.3 is 0 Å². The zero-order chi connectivity index (χ0) is 8.93. The Morgan fingerprint density at radius 2 is 2.31 bits per heavy atom. The third-order valence-corrected chi connectivity index (χ3v) is 2.39. The lowest BCUT2D eigenvalue weighted by Crippen LogP contribution is -2.22. The van der Waals surface area contributed by atoms with Crippen molar-refractivity contribution in [2.24, 2.45) is 0 Å². The third-order valence-electron chi connectivity index (χ3n) is 2.39. The maximum atomic E-state index is 5.72. The summed E-state index contributed by atoms with van der Waals surface area (Å²) in [5, 5.41) is 0. The van der Waals surface area contributed by atoms with E-state index in [0.29, 0.717) is 0 Å². The lowest BCUT2D eigenvalue weighted by molar-refractivity contribution is -0.139. The Balaban J connectivity index is 1.79. The molecule has 1 aliphatic carbocycles. The normalized spacial score (nSPS) is 28.3. The predicted octanol–water partition coefficient (Wildman–Crippen LogP) is 2.76. The van der Waals surface area contributed by atoms with Gasteiger partial charge in [0, 0.05) is 12.8 Å². The Morgan fingerprint density at radius 3 is 3.00 bits per heavy atom. The van der Waals surface area contributed by atoms with Gasteiger partial charge in [-0.1, -0.05) is 12.2 Å². The van der Waals surface area contributed by atoms with E-state index >= 15 is 0 Å². The molecule has 0 aromatic rings. The average Bonchev–Trinajstić information content (AvgIpc) is 2.21. The van der Waals surface area contributed by atoms with Crippen molar-refractivity contribution in [2.45, 2.75) is 38.4 Å². The van der Waals surface area contributed by atoms with Crippen molar-refractivity contribution in [3.63, 3.8) is 0 Å². The van der Waals surface area contributed by atoms with E-state index in [9.17, 15) is 0 Å². The van der Waals surface area contributed by atoms with Crippen LogP contribution in [0.4, 0.5) is 0 Å². The fourth-order valence-corrected chi connectivity index (χ4v) is 1.65. The van der Waals surface area contributed by atoms with Crippen molar-refractivity contribution in [3.05, 3.63) is 24.0 Å². The number of allylic oxidation sites excluding steroid dienone is 3. The minimum atomic E-state index is 0.0199. The summed E-state index contributed by atoms with van der Waals surface area (Å²) in [5.41, 5.74) is 0. The van der Waals surface area contributed by atoms with Gasteiger partial charge in [0.25, 0.3) is 0 Å². The van der Waals surface area contributed by atoms with Gasteiger partial charge in [0.15, 0.2) is 6.29 Å². The molecule has 0 amide bonds. The molecule has 0 aromatic heterocycles. The molecular weight excluding hydrogens is 164 g/mol. The summed E-state index contributed by atoms with van der Waals surface area (Å²) >= 11 is 0. The average molecular weight is 180 g/mol. The van der Waals surface area contributed by atoms with E-state index < -0.39 is 0 Å². The van der Waals surface area contributed by atoms with E-state index in [1.54, 1.807) is 0 Å². The molecule has 72 valence electrons. The third kappa shape index (κ3) is 2.59. The van der Waals surface area contributed by atoms with E-state index in [4.69, 9.17) is 9.47 Å². The van der Waals surface area contributed by atoms with Crippen LogP contribution in [-0.4, -0.2) is 12.9 Å². The summed E-state index contributed by atoms with van der Waals surface area (Å²) in [6, 6.07) is 0. The molecule has 0 spiro atoms. The SMILES string of the molecule is C1=CCC(OC2CCCCO2)=CC1. The quantitative estimate of drug-likeness (QED) is 0.608. The van der Waals surface area contributed by atoms with Crippen molar-refractivity contribution in [2.75, 3.05) is 6.61 Å². The molecule has 2 aliphatic rings. The Morgan fingerprint density at radius 1 is 1.31 bits per heavy atom. The first kappa shape index (κ1) is 8.82. The molecule has 1 atom stereocenters. The van der Waals surface area contributed by atoms with E-state index in [1.165, 1.54) is 12.8 Å². The van der Waals surface area contributed by atoms with Crippen molar-refractivity contribution < 1.29 is 9.47 Å². The molecule has 1 saturated heterocycles. The number of hydrogen-bond acceptors (Lipinski definition) is 2. The van der Waals surface area contributed by atoms with Gasteiger partial charge in [-0.2, -0.15) is 0 Å². The molecule has 2 nitrogen and oxygen atoms in total. The van der Waals surface area contributed by atoms with Crippen LogP contribution in [-0.2, 0) is 9.47 Å². The smallest absolute Gasteiger partial charge is 0.199 e. The van der Waals surface area contributed by atoms with Gasteiger partial charge in [-0.15, -0.1) is 0 Å². The molecule has 13 heavy (non-hydrogen) atoms. The van der Waals surface area contributed by atoms with Gasteiger partial charge in [-0.3, -0.25) is 0 Å². The van der Waals surface area contributed by atoms with Gasteiger partial charge in [0.1, 0.15) is 0 Å². The van der Waals surface area contributed by atoms with E-state index in [-0.39, 0.29) is 6.29 Å². The van der Waals surface area contributed by atoms with E-state index in [2.05, 4.69) is 18.2 Å². The topological polar surface area (TPSA) is 18.5 Å². The maximum absolute atomic E-state index is 5.72. The van der Waals surface area contributed by atoms with Gasteiger partial charge < -0.3 is 9.47 Å². The summed E-state index contributed by atoms with van der Waals surface area (Å²) in [5.74, 6) is 1.08. The van der Waals surface area contributed by atoms with Crippen molar-refractivity contribution in [1.82, 2.24) is 0 Å². The van der Waals surface area contributed by atoms with Crippen molar-refractivity contribution in [1.29, 1.82) is 0 Å². The van der Waals surface area contributed by atoms with E-state index in [0.717, 1.165) is 31.6 Å². The van der Waals surface area contributed by atoms with Gasteiger partial charge in [-0.25, -0.2) is 0 Å². The molecule has 0 aromatic carbocycles. The monoisotopic (exact) mass is 180 g/mol. The molecule has 1 heterocycles. The Kier molecular flexibility index (Phi) is 3.03. The van der Waals surface area contributed by atoms with Gasteiger partial charge in [-0.05, 0) is 25.3 Å². The van der Waals surface area contributed by atoms with Gasteiger partial charge in [0.2, 0.25) is 0 Å². The summed E-state index contributed by atoms with van der Waals surface area (Å²) in [6.07, 6.45) is 11.9. The van der Waals surface area contributed by atoms with Gasteiger partial charge in [0.05, 0.1) is 12.4 Å². The number of ether oxygens (including phenoxy) is 2. The fourth-order valence-electron chi connectivity index (χ4n) is 1.65. The number of hydrogen-bond donors (Lipinski definition) is 0. The Bertz CT molecular complexity index is 212. The highest BCUT2D eigenvalue weighted by Gasteiger charge is 2.15. The van der Waals surface area contributed by atoms with Crippen LogP contribution in [0.1, 0.15) is 32.1 Å². The Hall–Kier alpha value is -0.760. The highest BCUT2D eigenvalue weighted by Crippen LogP contribution is 2.20. The first-order chi connectivity index (χ1) is 6.45. The molecular formula is C11H16O2. The van der Waals surface area contributed by atoms with Crippen molar-refractivity contribution in [3.8, 4) is 0 Å². The lowest BCUT2D eigenvalue weighted by Gasteiger charge is -2.25. The molecule has 1 unspecified atom stereocenters. The zero-order valence-electron chi connectivity index (χ0n) is 7.87. The summed E-state index contributed by atoms with van der Waals surface area (Å²) in [4.78, 5) is 0. The molecule has 2 rings (SSSR count). The van der Waals surface area contributed by atoms with Crippen LogP contribution in [0.3, 0.4) is 0 Å². The predicted molar refractivity (Wildman–Crippen MR) is 51.1 cm³/mol. The second kappa shape index (κ2) is 4.47. The molecule has 2 heteroatoms. The standard InChI is InChI=1S/C11H16O2/c1-2-6-10(7-3-1)13-11-8-4-5-9-12-11/h1-2,7,11H,3-6,8-9H2. The van der Waals surface area contributed by atoms with E-state index in [1.807, 2.05) is 0 Å². The summed E-state index contributed by atoms with van der Waals surface area (Å²) in [7, 11) is 0. The summed E-state index contributed by atoms with van der Waals surface area (Å²) in [6.45, 7) is 0.855. The highest BCUT2D eigenvalue weighted by atomic mass is 16.7. The second-order valence-corrected chi connectivity index (χ2v) is 3.50. The first-order valence-electron chi connectivity index (χ1n) is 5.07.